The summed E-state index contributed by atoms with van der Waals surface area (Å²) in [6.45, 7) is 3.70. The maximum Gasteiger partial charge on any atom is 0.283 e. The molecule has 160 valence electrons. The van der Waals surface area contributed by atoms with E-state index in [0.29, 0.717) is 16.8 Å². The van der Waals surface area contributed by atoms with Crippen molar-refractivity contribution in [2.75, 3.05) is 23.7 Å². The van der Waals surface area contributed by atoms with Crippen molar-refractivity contribution in [3.05, 3.63) is 71.7 Å². The topological polar surface area (TPSA) is 53.0 Å². The van der Waals surface area contributed by atoms with Crippen molar-refractivity contribution in [1.29, 1.82) is 0 Å². The summed E-state index contributed by atoms with van der Waals surface area (Å²) in [5.41, 5.74) is 1.67. The number of halogens is 1. The monoisotopic (exact) mass is 437 g/mol. The Morgan fingerprint density at radius 2 is 1.94 bits per heavy atom. The predicted molar refractivity (Wildman–Crippen MR) is 123 cm³/mol. The first kappa shape index (κ1) is 21.3. The lowest BCUT2D eigenvalue weighted by atomic mass is 10.0. The van der Waals surface area contributed by atoms with Crippen molar-refractivity contribution in [3.8, 4) is 0 Å². The molecule has 2 amide bonds. The molecular formula is C24H24FN3O2S. The lowest BCUT2D eigenvalue weighted by Gasteiger charge is -2.31. The third-order valence-corrected chi connectivity index (χ3v) is 6.28. The number of likely N-dealkylation sites (tertiary alicyclic amines) is 1. The molecule has 1 atom stereocenters. The van der Waals surface area contributed by atoms with E-state index in [9.17, 15) is 14.0 Å². The summed E-state index contributed by atoms with van der Waals surface area (Å²) in [4.78, 5) is 33.7. The van der Waals surface area contributed by atoms with E-state index in [1.165, 1.54) is 28.8 Å². The number of benzene rings is 2. The van der Waals surface area contributed by atoms with E-state index < -0.39 is 0 Å². The number of anilines is 1. The average molecular weight is 438 g/mol. The van der Waals surface area contributed by atoms with Crippen LogP contribution in [0.1, 0.15) is 25.3 Å². The molecule has 31 heavy (non-hydrogen) atoms. The molecule has 7 heteroatoms. The minimum Gasteiger partial charge on any atom is -0.342 e. The van der Waals surface area contributed by atoms with Crippen molar-refractivity contribution in [1.82, 2.24) is 4.90 Å². The molecule has 0 saturated carbocycles. The van der Waals surface area contributed by atoms with E-state index in [1.54, 1.807) is 18.2 Å². The molecule has 0 N–H and O–H groups in total. The van der Waals surface area contributed by atoms with Crippen LogP contribution >= 0.6 is 11.8 Å². The molecule has 2 aromatic rings. The number of hydrogen-bond acceptors (Lipinski definition) is 4. The second-order valence-corrected chi connectivity index (χ2v) is 8.77. The summed E-state index contributed by atoms with van der Waals surface area (Å²) in [5.74, 6) is 0.0817. The third kappa shape index (κ3) is 5.05. The number of amides is 2. The van der Waals surface area contributed by atoms with Gasteiger partial charge in [0.1, 0.15) is 11.5 Å². The zero-order chi connectivity index (χ0) is 21.8. The number of amidine groups is 1. The number of rotatable bonds is 4. The van der Waals surface area contributed by atoms with Gasteiger partial charge in [0, 0.05) is 13.1 Å². The molecule has 2 aliphatic heterocycles. The Balaban J connectivity index is 1.57. The first-order chi connectivity index (χ1) is 15.0. The number of carbonyl (C=O) groups is 2. The van der Waals surface area contributed by atoms with Crippen molar-refractivity contribution >= 4 is 40.5 Å². The number of piperidine rings is 1. The molecule has 0 aliphatic carbocycles. The van der Waals surface area contributed by atoms with Gasteiger partial charge in [-0.25, -0.2) is 9.38 Å². The number of nitrogens with zero attached hydrogens (tertiary/aromatic N) is 3. The summed E-state index contributed by atoms with van der Waals surface area (Å²) in [6, 6.07) is 15.2. The van der Waals surface area contributed by atoms with Gasteiger partial charge in [-0.2, -0.15) is 0 Å². The molecule has 4 rings (SSSR count). The lowest BCUT2D eigenvalue weighted by molar-refractivity contribution is -0.130. The second-order valence-electron chi connectivity index (χ2n) is 7.83. The number of carbonyl (C=O) groups excluding carboxylic acids is 2. The normalized spacial score (nSPS) is 20.3. The summed E-state index contributed by atoms with van der Waals surface area (Å²) < 4.78 is 13.4. The summed E-state index contributed by atoms with van der Waals surface area (Å²) in [7, 11) is 0. The fourth-order valence-corrected chi connectivity index (χ4v) is 4.67. The minimum absolute atomic E-state index is 0.0474. The molecule has 0 aromatic heterocycles. The zero-order valence-corrected chi connectivity index (χ0v) is 18.1. The van der Waals surface area contributed by atoms with Crippen molar-refractivity contribution < 1.29 is 14.0 Å². The van der Waals surface area contributed by atoms with Gasteiger partial charge in [-0.05, 0) is 54.7 Å². The van der Waals surface area contributed by atoms with Crippen LogP contribution in [0.5, 0.6) is 0 Å². The molecule has 2 aromatic carbocycles. The Morgan fingerprint density at radius 1 is 1.19 bits per heavy atom. The fraction of sp³-hybridized carbons (Fsp3) is 0.292. The zero-order valence-electron chi connectivity index (χ0n) is 17.3. The molecule has 5 nitrogen and oxygen atoms in total. The van der Waals surface area contributed by atoms with Crippen LogP contribution in [0.2, 0.25) is 0 Å². The van der Waals surface area contributed by atoms with Crippen LogP contribution < -0.4 is 4.90 Å². The van der Waals surface area contributed by atoms with E-state index >= 15 is 0 Å². The van der Waals surface area contributed by atoms with Crippen LogP contribution in [0.25, 0.3) is 6.08 Å². The van der Waals surface area contributed by atoms with Crippen LogP contribution in [0.3, 0.4) is 0 Å². The second kappa shape index (κ2) is 9.47. The van der Waals surface area contributed by atoms with E-state index in [1.807, 2.05) is 35.2 Å². The van der Waals surface area contributed by atoms with Crippen molar-refractivity contribution in [3.63, 3.8) is 0 Å². The molecule has 0 spiro atoms. The van der Waals surface area contributed by atoms with E-state index in [0.717, 1.165) is 31.5 Å². The number of hydrogen-bond donors (Lipinski definition) is 0. The van der Waals surface area contributed by atoms with E-state index in [4.69, 9.17) is 0 Å². The van der Waals surface area contributed by atoms with Crippen molar-refractivity contribution in [2.45, 2.75) is 19.8 Å². The van der Waals surface area contributed by atoms with Crippen LogP contribution in [0.15, 0.2) is 65.3 Å². The molecule has 0 radical (unpaired) electrons. The average Bonchev–Trinajstić information content (AvgIpc) is 3.08. The van der Waals surface area contributed by atoms with Crippen LogP contribution in [-0.2, 0) is 9.59 Å². The standard InChI is InChI=1S/C24H24FN3O2S/c1-17-6-5-13-27(15-17)22(29)16-31-24-26-21(14-18-7-3-2-4-8-18)23(30)28(24)20-11-9-19(25)10-12-20/h2-4,7-12,14,17H,5-6,13,15-16H2,1H3/b21-14-. The molecule has 2 aliphatic rings. The Bertz CT molecular complexity index is 1020. The lowest BCUT2D eigenvalue weighted by Crippen LogP contribution is -2.40. The molecule has 2 heterocycles. The van der Waals surface area contributed by atoms with Gasteiger partial charge >= 0.3 is 0 Å². The van der Waals surface area contributed by atoms with Gasteiger partial charge in [0.2, 0.25) is 5.91 Å². The minimum atomic E-state index is -0.379. The van der Waals surface area contributed by atoms with Gasteiger partial charge < -0.3 is 4.90 Å². The molecule has 1 fully saturated rings. The van der Waals surface area contributed by atoms with E-state index in [2.05, 4.69) is 11.9 Å². The van der Waals surface area contributed by atoms with Crippen LogP contribution in [0.4, 0.5) is 10.1 Å². The van der Waals surface area contributed by atoms with Crippen molar-refractivity contribution in [2.24, 2.45) is 10.9 Å². The number of aliphatic imine (C=N–C) groups is 1. The smallest absolute Gasteiger partial charge is 0.283 e. The highest BCUT2D eigenvalue weighted by atomic mass is 32.2. The quantitative estimate of drug-likeness (QED) is 0.659. The highest BCUT2D eigenvalue weighted by Gasteiger charge is 2.33. The van der Waals surface area contributed by atoms with Crippen LogP contribution in [0, 0.1) is 11.7 Å². The summed E-state index contributed by atoms with van der Waals surface area (Å²) in [6.07, 6.45) is 3.88. The highest BCUT2D eigenvalue weighted by Crippen LogP contribution is 2.30. The molecule has 1 unspecified atom stereocenters. The van der Waals surface area contributed by atoms with Gasteiger partial charge in [-0.1, -0.05) is 49.0 Å². The highest BCUT2D eigenvalue weighted by molar-refractivity contribution is 8.14. The largest absolute Gasteiger partial charge is 0.342 e. The molecular weight excluding hydrogens is 413 g/mol. The van der Waals surface area contributed by atoms with E-state index in [-0.39, 0.29) is 29.1 Å². The Hall–Kier alpha value is -2.93. The number of thioether (sulfide) groups is 1. The predicted octanol–water partition coefficient (Wildman–Crippen LogP) is 4.56. The third-order valence-electron chi connectivity index (χ3n) is 5.35. The first-order valence-corrected chi connectivity index (χ1v) is 11.4. The summed E-state index contributed by atoms with van der Waals surface area (Å²) in [5, 5.41) is 0.428. The van der Waals surface area contributed by atoms with Gasteiger partial charge in [0.05, 0.1) is 11.4 Å². The Labute approximate surface area is 185 Å². The summed E-state index contributed by atoms with van der Waals surface area (Å²) >= 11 is 1.24. The SMILES string of the molecule is CC1CCCN(C(=O)CSC2=N/C(=C\c3ccccc3)C(=O)N2c2ccc(F)cc2)C1. The van der Waals surface area contributed by atoms with Gasteiger partial charge in [0.15, 0.2) is 5.17 Å². The van der Waals surface area contributed by atoms with Gasteiger partial charge in [-0.3, -0.25) is 14.5 Å². The Kier molecular flexibility index (Phi) is 6.51. The van der Waals surface area contributed by atoms with Gasteiger partial charge in [0.25, 0.3) is 5.91 Å². The first-order valence-electron chi connectivity index (χ1n) is 10.4. The van der Waals surface area contributed by atoms with Gasteiger partial charge in [-0.15, -0.1) is 0 Å². The Morgan fingerprint density at radius 3 is 2.65 bits per heavy atom. The maximum atomic E-state index is 13.4. The molecule has 1 saturated heterocycles. The fourth-order valence-electron chi connectivity index (χ4n) is 3.75. The van der Waals surface area contributed by atoms with Crippen LogP contribution in [-0.4, -0.2) is 40.7 Å². The molecule has 0 bridgehead atoms. The maximum absolute atomic E-state index is 13.4.